The molecule has 94 valence electrons. The SMILES string of the molecule is Cc1ccc(Cc2nc3cccc(C=O)n3n2)cc1. The molecule has 0 aliphatic heterocycles. The average molecular weight is 251 g/mol. The van der Waals surface area contributed by atoms with Crippen molar-refractivity contribution in [2.75, 3.05) is 0 Å². The molecule has 4 heteroatoms. The van der Waals surface area contributed by atoms with Gasteiger partial charge < -0.3 is 0 Å². The summed E-state index contributed by atoms with van der Waals surface area (Å²) in [5.41, 5.74) is 3.61. The lowest BCUT2D eigenvalue weighted by Crippen LogP contribution is -1.97. The maximum absolute atomic E-state index is 10.9. The van der Waals surface area contributed by atoms with E-state index in [1.807, 2.05) is 12.1 Å². The Kier molecular flexibility index (Phi) is 2.83. The number of nitrogens with zero attached hydrogens (tertiary/aromatic N) is 3. The second-order valence-electron chi connectivity index (χ2n) is 4.53. The first-order valence-electron chi connectivity index (χ1n) is 6.11. The molecule has 2 aromatic heterocycles. The first-order valence-corrected chi connectivity index (χ1v) is 6.11. The van der Waals surface area contributed by atoms with E-state index >= 15 is 0 Å². The average Bonchev–Trinajstić information content (AvgIpc) is 2.83. The molecular formula is C15H13N3O. The minimum atomic E-state index is 0.514. The Morgan fingerprint density at radius 3 is 2.68 bits per heavy atom. The Morgan fingerprint density at radius 2 is 1.95 bits per heavy atom. The third-order valence-electron chi connectivity index (χ3n) is 3.04. The predicted octanol–water partition coefficient (Wildman–Crippen LogP) is 2.44. The highest BCUT2D eigenvalue weighted by Gasteiger charge is 2.07. The van der Waals surface area contributed by atoms with Gasteiger partial charge in [0.1, 0.15) is 5.69 Å². The molecular weight excluding hydrogens is 238 g/mol. The number of pyridine rings is 1. The molecule has 3 rings (SSSR count). The van der Waals surface area contributed by atoms with E-state index in [4.69, 9.17) is 0 Å². The summed E-state index contributed by atoms with van der Waals surface area (Å²) in [6, 6.07) is 13.7. The van der Waals surface area contributed by atoms with Crippen molar-refractivity contribution < 1.29 is 4.79 Å². The van der Waals surface area contributed by atoms with Gasteiger partial charge in [0.15, 0.2) is 17.8 Å². The number of carbonyl (C=O) groups excluding carboxylic acids is 1. The van der Waals surface area contributed by atoms with Crippen molar-refractivity contribution in [2.24, 2.45) is 0 Å². The van der Waals surface area contributed by atoms with Gasteiger partial charge in [-0.15, -0.1) is 0 Å². The minimum absolute atomic E-state index is 0.514. The first kappa shape index (κ1) is 11.6. The molecule has 0 aliphatic carbocycles. The molecule has 0 fully saturated rings. The zero-order valence-electron chi connectivity index (χ0n) is 10.6. The Labute approximate surface area is 110 Å². The van der Waals surface area contributed by atoms with Gasteiger partial charge in [-0.1, -0.05) is 35.9 Å². The van der Waals surface area contributed by atoms with Gasteiger partial charge in [0, 0.05) is 6.42 Å². The Morgan fingerprint density at radius 1 is 1.16 bits per heavy atom. The molecule has 0 amide bonds. The van der Waals surface area contributed by atoms with Crippen molar-refractivity contribution >= 4 is 11.9 Å². The number of aldehydes is 1. The van der Waals surface area contributed by atoms with E-state index in [1.165, 1.54) is 5.56 Å². The van der Waals surface area contributed by atoms with Crippen molar-refractivity contribution in [1.29, 1.82) is 0 Å². The van der Waals surface area contributed by atoms with Gasteiger partial charge in [-0.25, -0.2) is 9.50 Å². The smallest absolute Gasteiger partial charge is 0.168 e. The van der Waals surface area contributed by atoms with Crippen LogP contribution in [0.15, 0.2) is 42.5 Å². The Hall–Kier alpha value is -2.49. The van der Waals surface area contributed by atoms with E-state index in [2.05, 4.69) is 41.3 Å². The zero-order valence-corrected chi connectivity index (χ0v) is 10.6. The monoisotopic (exact) mass is 251 g/mol. The normalized spacial score (nSPS) is 10.8. The summed E-state index contributed by atoms with van der Waals surface area (Å²) in [5.74, 6) is 0.721. The number of hydrogen-bond acceptors (Lipinski definition) is 3. The standard InChI is InChI=1S/C15H13N3O/c1-11-5-7-12(8-6-11)9-14-16-15-4-2-3-13(10-19)18(15)17-14/h2-8,10H,9H2,1H3. The quantitative estimate of drug-likeness (QED) is 0.672. The van der Waals surface area contributed by atoms with Gasteiger partial charge in [-0.2, -0.15) is 5.10 Å². The molecule has 19 heavy (non-hydrogen) atoms. The van der Waals surface area contributed by atoms with Gasteiger partial charge in [0.05, 0.1) is 0 Å². The van der Waals surface area contributed by atoms with Gasteiger partial charge in [0.2, 0.25) is 0 Å². The summed E-state index contributed by atoms with van der Waals surface area (Å²) in [4.78, 5) is 15.4. The van der Waals surface area contributed by atoms with Crippen LogP contribution in [0.25, 0.3) is 5.65 Å². The molecule has 0 saturated carbocycles. The molecule has 0 aliphatic rings. The second-order valence-corrected chi connectivity index (χ2v) is 4.53. The van der Waals surface area contributed by atoms with Crippen LogP contribution in [0.1, 0.15) is 27.4 Å². The third kappa shape index (κ3) is 2.25. The largest absolute Gasteiger partial charge is 0.296 e. The fourth-order valence-electron chi connectivity index (χ4n) is 2.02. The van der Waals surface area contributed by atoms with Crippen LogP contribution in [0.4, 0.5) is 0 Å². The number of benzene rings is 1. The zero-order chi connectivity index (χ0) is 13.2. The van der Waals surface area contributed by atoms with E-state index in [0.29, 0.717) is 17.8 Å². The Bertz CT molecular complexity index is 729. The van der Waals surface area contributed by atoms with E-state index in [1.54, 1.807) is 10.6 Å². The number of carbonyl (C=O) groups is 1. The van der Waals surface area contributed by atoms with Gasteiger partial charge in [-0.3, -0.25) is 4.79 Å². The minimum Gasteiger partial charge on any atom is -0.296 e. The van der Waals surface area contributed by atoms with Crippen molar-refractivity contribution in [1.82, 2.24) is 14.6 Å². The molecule has 0 unspecified atom stereocenters. The van der Waals surface area contributed by atoms with Crippen LogP contribution in [-0.4, -0.2) is 20.9 Å². The molecule has 0 spiro atoms. The highest BCUT2D eigenvalue weighted by Crippen LogP contribution is 2.10. The summed E-state index contributed by atoms with van der Waals surface area (Å²) in [7, 11) is 0. The summed E-state index contributed by atoms with van der Waals surface area (Å²) in [6.07, 6.45) is 1.46. The number of hydrogen-bond donors (Lipinski definition) is 0. The Balaban J connectivity index is 1.97. The van der Waals surface area contributed by atoms with Crippen LogP contribution >= 0.6 is 0 Å². The summed E-state index contributed by atoms with van der Waals surface area (Å²) < 4.78 is 1.58. The van der Waals surface area contributed by atoms with Crippen LogP contribution < -0.4 is 0 Å². The summed E-state index contributed by atoms with van der Waals surface area (Å²) in [5, 5.41) is 4.38. The van der Waals surface area contributed by atoms with Gasteiger partial charge in [-0.05, 0) is 24.6 Å². The van der Waals surface area contributed by atoms with Crippen LogP contribution in [0.2, 0.25) is 0 Å². The second kappa shape index (κ2) is 4.65. The fourth-order valence-corrected chi connectivity index (χ4v) is 2.02. The molecule has 1 aromatic carbocycles. The van der Waals surface area contributed by atoms with Crippen molar-refractivity contribution in [3.05, 3.63) is 65.1 Å². The van der Waals surface area contributed by atoms with Crippen molar-refractivity contribution in [3.8, 4) is 0 Å². The van der Waals surface area contributed by atoms with E-state index < -0.39 is 0 Å². The number of aromatic nitrogens is 3. The maximum atomic E-state index is 10.9. The van der Waals surface area contributed by atoms with Gasteiger partial charge in [0.25, 0.3) is 0 Å². The lowest BCUT2D eigenvalue weighted by Gasteiger charge is -1.97. The molecule has 0 radical (unpaired) electrons. The van der Waals surface area contributed by atoms with Crippen LogP contribution in [0.5, 0.6) is 0 Å². The van der Waals surface area contributed by atoms with Crippen LogP contribution in [-0.2, 0) is 6.42 Å². The third-order valence-corrected chi connectivity index (χ3v) is 3.04. The maximum Gasteiger partial charge on any atom is 0.168 e. The van der Waals surface area contributed by atoms with Crippen LogP contribution in [0, 0.1) is 6.92 Å². The van der Waals surface area contributed by atoms with Crippen molar-refractivity contribution in [2.45, 2.75) is 13.3 Å². The molecule has 3 aromatic rings. The van der Waals surface area contributed by atoms with Gasteiger partial charge >= 0.3 is 0 Å². The predicted molar refractivity (Wildman–Crippen MR) is 72.4 cm³/mol. The number of fused-ring (bicyclic) bond motifs is 1. The lowest BCUT2D eigenvalue weighted by molar-refractivity contribution is 0.111. The number of rotatable bonds is 3. The van der Waals surface area contributed by atoms with E-state index in [-0.39, 0.29) is 0 Å². The molecule has 0 N–H and O–H groups in total. The number of aryl methyl sites for hydroxylation is 1. The highest BCUT2D eigenvalue weighted by atomic mass is 16.1. The van der Waals surface area contributed by atoms with Crippen molar-refractivity contribution in [3.63, 3.8) is 0 Å². The fraction of sp³-hybridized carbons (Fsp3) is 0.133. The highest BCUT2D eigenvalue weighted by molar-refractivity contribution is 5.73. The van der Waals surface area contributed by atoms with E-state index in [9.17, 15) is 4.79 Å². The first-order chi connectivity index (χ1) is 9.26. The summed E-state index contributed by atoms with van der Waals surface area (Å²) in [6.45, 7) is 2.06. The molecule has 4 nitrogen and oxygen atoms in total. The summed E-state index contributed by atoms with van der Waals surface area (Å²) >= 11 is 0. The van der Waals surface area contributed by atoms with E-state index in [0.717, 1.165) is 17.7 Å². The molecule has 0 bridgehead atoms. The molecule has 0 atom stereocenters. The molecule has 2 heterocycles. The molecule has 0 saturated heterocycles. The van der Waals surface area contributed by atoms with Crippen LogP contribution in [0.3, 0.4) is 0 Å². The topological polar surface area (TPSA) is 47.3 Å². The lowest BCUT2D eigenvalue weighted by atomic mass is 10.1.